The maximum Gasteiger partial charge on any atom is 0.437 e. The van der Waals surface area contributed by atoms with E-state index in [0.717, 1.165) is 21.1 Å². The van der Waals surface area contributed by atoms with E-state index in [-0.39, 0.29) is 0 Å². The van der Waals surface area contributed by atoms with Crippen molar-refractivity contribution in [2.45, 2.75) is 13.8 Å². The first-order valence-electron chi connectivity index (χ1n) is 7.84. The van der Waals surface area contributed by atoms with E-state index < -0.39 is 6.09 Å². The molecule has 3 aromatic rings. The van der Waals surface area contributed by atoms with E-state index in [1.807, 2.05) is 49.4 Å². The minimum atomic E-state index is -0.643. The number of halogens is 1. The van der Waals surface area contributed by atoms with Gasteiger partial charge in [-0.2, -0.15) is 0 Å². The average Bonchev–Trinajstić information content (AvgIpc) is 3.03. The number of aryl methyl sites for hydroxylation is 1. The van der Waals surface area contributed by atoms with Crippen molar-refractivity contribution in [1.82, 2.24) is 4.98 Å². The summed E-state index contributed by atoms with van der Waals surface area (Å²) in [5.41, 5.74) is 3.03. The summed E-state index contributed by atoms with van der Waals surface area (Å²) in [6.45, 7) is 3.68. The first-order valence-corrected chi connectivity index (χ1v) is 9.04. The fourth-order valence-corrected chi connectivity index (χ4v) is 3.40. The highest BCUT2D eigenvalue weighted by Crippen LogP contribution is 2.29. The van der Waals surface area contributed by atoms with E-state index in [0.29, 0.717) is 16.4 Å². The highest BCUT2D eigenvalue weighted by atomic mass is 35.5. The fourth-order valence-electron chi connectivity index (χ4n) is 2.26. The zero-order chi connectivity index (χ0) is 18.5. The van der Waals surface area contributed by atoms with Crippen LogP contribution in [0.1, 0.15) is 17.5 Å². The van der Waals surface area contributed by atoms with Crippen molar-refractivity contribution < 1.29 is 9.63 Å². The number of thiazole rings is 1. The molecule has 1 heterocycles. The highest BCUT2D eigenvalue weighted by molar-refractivity contribution is 7.17. The Morgan fingerprint density at radius 3 is 2.54 bits per heavy atom. The molecule has 26 heavy (non-hydrogen) atoms. The molecule has 1 N–H and O–H groups in total. The van der Waals surface area contributed by atoms with Gasteiger partial charge in [0.25, 0.3) is 0 Å². The van der Waals surface area contributed by atoms with E-state index >= 15 is 0 Å². The Morgan fingerprint density at radius 1 is 1.15 bits per heavy atom. The van der Waals surface area contributed by atoms with Crippen LogP contribution in [0.4, 0.5) is 10.5 Å². The number of carbonyl (C=O) groups is 1. The number of rotatable bonds is 4. The van der Waals surface area contributed by atoms with Gasteiger partial charge < -0.3 is 0 Å². The molecule has 1 amide bonds. The smallest absolute Gasteiger partial charge is 0.297 e. The number of amides is 1. The lowest BCUT2D eigenvalue weighted by atomic mass is 10.2. The van der Waals surface area contributed by atoms with Crippen molar-refractivity contribution in [3.63, 3.8) is 0 Å². The molecule has 0 aliphatic carbocycles. The summed E-state index contributed by atoms with van der Waals surface area (Å²) >= 11 is 7.41. The molecule has 0 unspecified atom stereocenters. The number of nitrogens with zero attached hydrogens (tertiary/aromatic N) is 2. The molecule has 3 rings (SSSR count). The molecule has 0 aliphatic heterocycles. The quantitative estimate of drug-likeness (QED) is 0.353. The first-order chi connectivity index (χ1) is 12.5. The molecule has 0 fully saturated rings. The fraction of sp³-hybridized carbons (Fsp3) is 0.105. The second-order valence-corrected chi connectivity index (χ2v) is 6.92. The molecule has 0 radical (unpaired) electrons. The Hall–Kier alpha value is -2.70. The van der Waals surface area contributed by atoms with E-state index in [1.165, 1.54) is 11.3 Å². The number of carbonyl (C=O) groups excluding carboxylic acids is 1. The number of hydrogen-bond acceptors (Lipinski definition) is 5. The Balaban J connectivity index is 1.71. The molecule has 0 saturated heterocycles. The lowest BCUT2D eigenvalue weighted by Crippen LogP contribution is -2.11. The Morgan fingerprint density at radius 2 is 1.85 bits per heavy atom. The summed E-state index contributed by atoms with van der Waals surface area (Å²) in [6.07, 6.45) is -0.643. The number of hydrogen-bond donors (Lipinski definition) is 1. The van der Waals surface area contributed by atoms with E-state index in [9.17, 15) is 4.79 Å². The Labute approximate surface area is 160 Å². The van der Waals surface area contributed by atoms with Gasteiger partial charge in [-0.15, -0.1) is 11.3 Å². The summed E-state index contributed by atoms with van der Waals surface area (Å²) in [5, 5.41) is 8.07. The topological polar surface area (TPSA) is 63.6 Å². The van der Waals surface area contributed by atoms with Crippen molar-refractivity contribution in [3.05, 3.63) is 70.2 Å². The SMILES string of the molecule is C/C(=N/OC(=O)Nc1ccccc1)c1sc(-c2ccc(Cl)cc2)nc1C. The maximum absolute atomic E-state index is 11.8. The summed E-state index contributed by atoms with van der Waals surface area (Å²) < 4.78 is 0. The van der Waals surface area contributed by atoms with Gasteiger partial charge in [0.2, 0.25) is 0 Å². The van der Waals surface area contributed by atoms with Crippen molar-refractivity contribution in [2.24, 2.45) is 5.16 Å². The molecule has 132 valence electrons. The largest absolute Gasteiger partial charge is 0.437 e. The van der Waals surface area contributed by atoms with Crippen LogP contribution in [0.15, 0.2) is 59.8 Å². The van der Waals surface area contributed by atoms with Crippen LogP contribution in [-0.4, -0.2) is 16.8 Å². The van der Waals surface area contributed by atoms with Crippen molar-refractivity contribution in [1.29, 1.82) is 0 Å². The van der Waals surface area contributed by atoms with E-state index in [1.54, 1.807) is 19.1 Å². The number of nitrogens with one attached hydrogen (secondary N) is 1. The lowest BCUT2D eigenvalue weighted by Gasteiger charge is -2.02. The van der Waals surface area contributed by atoms with Crippen molar-refractivity contribution in [2.75, 3.05) is 5.32 Å². The molecular formula is C19H16ClN3O2S. The van der Waals surface area contributed by atoms with Crippen LogP contribution in [0.25, 0.3) is 10.6 Å². The van der Waals surface area contributed by atoms with Gasteiger partial charge in [0, 0.05) is 16.3 Å². The normalized spacial score (nSPS) is 11.3. The zero-order valence-electron chi connectivity index (χ0n) is 14.2. The van der Waals surface area contributed by atoms with Gasteiger partial charge in [-0.25, -0.2) is 9.78 Å². The van der Waals surface area contributed by atoms with Gasteiger partial charge in [-0.3, -0.25) is 10.2 Å². The lowest BCUT2D eigenvalue weighted by molar-refractivity contribution is 0.166. The minimum absolute atomic E-state index is 0.587. The Bertz CT molecular complexity index is 937. The monoisotopic (exact) mass is 385 g/mol. The summed E-state index contributed by atoms with van der Waals surface area (Å²) in [7, 11) is 0. The summed E-state index contributed by atoms with van der Waals surface area (Å²) in [6, 6.07) is 16.5. The molecule has 0 atom stereocenters. The molecule has 1 aromatic heterocycles. The minimum Gasteiger partial charge on any atom is -0.297 e. The third-order valence-corrected chi connectivity index (χ3v) is 5.07. The third kappa shape index (κ3) is 4.47. The molecular weight excluding hydrogens is 370 g/mol. The van der Waals surface area contributed by atoms with Crippen LogP contribution in [0.3, 0.4) is 0 Å². The molecule has 0 aliphatic rings. The van der Waals surface area contributed by atoms with Crippen molar-refractivity contribution in [3.8, 4) is 10.6 Å². The molecule has 0 saturated carbocycles. The Kier molecular flexibility index (Phi) is 5.65. The predicted octanol–water partition coefficient (Wildman–Crippen LogP) is 5.74. The van der Waals surface area contributed by atoms with E-state index in [2.05, 4.69) is 15.5 Å². The molecule has 0 spiro atoms. The van der Waals surface area contributed by atoms with Crippen LogP contribution in [-0.2, 0) is 4.84 Å². The molecule has 0 bridgehead atoms. The van der Waals surface area contributed by atoms with Crippen LogP contribution in [0, 0.1) is 6.92 Å². The van der Waals surface area contributed by atoms with Gasteiger partial charge in [-0.05, 0) is 38.1 Å². The summed E-state index contributed by atoms with van der Waals surface area (Å²) in [5.74, 6) is 0. The molecule has 2 aromatic carbocycles. The van der Waals surface area contributed by atoms with Gasteiger partial charge in [0.05, 0.1) is 16.3 Å². The number of benzene rings is 2. The molecule has 7 heteroatoms. The van der Waals surface area contributed by atoms with Gasteiger partial charge in [0.15, 0.2) is 0 Å². The average molecular weight is 386 g/mol. The third-order valence-electron chi connectivity index (χ3n) is 3.50. The van der Waals surface area contributed by atoms with Crippen LogP contribution >= 0.6 is 22.9 Å². The van der Waals surface area contributed by atoms with Gasteiger partial charge in [-0.1, -0.05) is 47.1 Å². The number of anilines is 1. The summed E-state index contributed by atoms with van der Waals surface area (Å²) in [4.78, 5) is 22.2. The number of oxime groups is 1. The second-order valence-electron chi connectivity index (χ2n) is 5.49. The van der Waals surface area contributed by atoms with E-state index in [4.69, 9.17) is 16.4 Å². The predicted molar refractivity (Wildman–Crippen MR) is 106 cm³/mol. The number of para-hydroxylation sites is 1. The maximum atomic E-state index is 11.8. The standard InChI is InChI=1S/C19H16ClN3O2S/c1-12-17(26-18(21-12)14-8-10-15(20)11-9-14)13(2)23-25-19(24)22-16-6-4-3-5-7-16/h3-11H,1-2H3,(H,22,24)/b23-13-. The highest BCUT2D eigenvalue weighted by Gasteiger charge is 2.13. The van der Waals surface area contributed by atoms with Crippen LogP contribution < -0.4 is 5.32 Å². The van der Waals surface area contributed by atoms with Crippen molar-refractivity contribution >= 4 is 40.4 Å². The van der Waals surface area contributed by atoms with Crippen LogP contribution in [0.5, 0.6) is 0 Å². The number of aromatic nitrogens is 1. The van der Waals surface area contributed by atoms with Gasteiger partial charge in [0.1, 0.15) is 5.01 Å². The first kappa shape index (κ1) is 18.1. The zero-order valence-corrected chi connectivity index (χ0v) is 15.8. The molecule has 5 nitrogen and oxygen atoms in total. The second kappa shape index (κ2) is 8.12. The van der Waals surface area contributed by atoms with Crippen LogP contribution in [0.2, 0.25) is 5.02 Å². The van der Waals surface area contributed by atoms with Gasteiger partial charge >= 0.3 is 6.09 Å².